The number of nitrogens with zero attached hydrogens (tertiary/aromatic N) is 4. The third-order valence-electron chi connectivity index (χ3n) is 2.02. The van der Waals surface area contributed by atoms with Crippen LogP contribution in [0.1, 0.15) is 17.6 Å². The van der Waals surface area contributed by atoms with Gasteiger partial charge in [0.15, 0.2) is 0 Å². The molecule has 0 amide bonds. The highest BCUT2D eigenvalue weighted by Gasteiger charge is 2.16. The number of hydrogen-bond donors (Lipinski definition) is 2. The van der Waals surface area contributed by atoms with Crippen LogP contribution < -0.4 is 5.32 Å². The van der Waals surface area contributed by atoms with Crippen LogP contribution in [0.4, 0.5) is 0 Å². The molecule has 2 N–H and O–H groups in total. The maximum atomic E-state index is 4.26. The zero-order valence-corrected chi connectivity index (χ0v) is 8.10. The molecule has 2 rings (SSSR count). The summed E-state index contributed by atoms with van der Waals surface area (Å²) in [6.45, 7) is 0. The zero-order valence-electron chi connectivity index (χ0n) is 8.10. The molecule has 0 aliphatic carbocycles. The Hall–Kier alpha value is -1.69. The van der Waals surface area contributed by atoms with Crippen molar-refractivity contribution in [1.82, 2.24) is 30.0 Å². The average Bonchev–Trinajstić information content (AvgIpc) is 2.79. The first-order chi connectivity index (χ1) is 6.81. The molecule has 0 spiro atoms. The number of hydrogen-bond acceptors (Lipinski definition) is 4. The van der Waals surface area contributed by atoms with Crippen molar-refractivity contribution in [2.75, 3.05) is 7.05 Å². The van der Waals surface area contributed by atoms with Gasteiger partial charge in [0.2, 0.25) is 0 Å². The van der Waals surface area contributed by atoms with Crippen LogP contribution >= 0.6 is 0 Å². The van der Waals surface area contributed by atoms with E-state index in [2.05, 4.69) is 25.5 Å². The first-order valence-electron chi connectivity index (χ1n) is 4.31. The van der Waals surface area contributed by atoms with Gasteiger partial charge in [-0.1, -0.05) is 0 Å². The predicted octanol–water partition coefficient (Wildman–Crippen LogP) is -0.153. The van der Waals surface area contributed by atoms with E-state index in [9.17, 15) is 0 Å². The number of nitrogens with one attached hydrogen (secondary N) is 2. The van der Waals surface area contributed by atoms with E-state index in [1.807, 2.05) is 24.9 Å². The lowest BCUT2D eigenvalue weighted by atomic mass is 10.2. The molecule has 6 heteroatoms. The Morgan fingerprint density at radius 2 is 2.36 bits per heavy atom. The number of imidazole rings is 1. The fourth-order valence-corrected chi connectivity index (χ4v) is 1.36. The summed E-state index contributed by atoms with van der Waals surface area (Å²) >= 11 is 0. The van der Waals surface area contributed by atoms with Gasteiger partial charge in [-0.2, -0.15) is 5.10 Å². The first kappa shape index (κ1) is 8.89. The Labute approximate surface area is 81.4 Å². The lowest BCUT2D eigenvalue weighted by molar-refractivity contribution is 0.634. The van der Waals surface area contributed by atoms with Gasteiger partial charge in [0.25, 0.3) is 0 Å². The van der Waals surface area contributed by atoms with Gasteiger partial charge < -0.3 is 9.88 Å². The Kier molecular flexibility index (Phi) is 2.28. The lowest BCUT2D eigenvalue weighted by Crippen LogP contribution is -2.19. The van der Waals surface area contributed by atoms with Crippen LogP contribution in [0.5, 0.6) is 0 Å². The second kappa shape index (κ2) is 3.59. The van der Waals surface area contributed by atoms with Crippen molar-refractivity contribution >= 4 is 0 Å². The van der Waals surface area contributed by atoms with E-state index in [1.165, 1.54) is 6.33 Å². The molecule has 6 nitrogen and oxygen atoms in total. The molecule has 0 saturated heterocycles. The summed E-state index contributed by atoms with van der Waals surface area (Å²) in [6.07, 6.45) is 5.20. The summed E-state index contributed by atoms with van der Waals surface area (Å²) in [5.41, 5.74) is 0.923. The number of rotatable bonds is 3. The number of H-pyrrole nitrogens is 1. The van der Waals surface area contributed by atoms with E-state index >= 15 is 0 Å². The van der Waals surface area contributed by atoms with Crippen molar-refractivity contribution in [1.29, 1.82) is 0 Å². The highest BCUT2D eigenvalue weighted by atomic mass is 15.2. The average molecular weight is 192 g/mol. The van der Waals surface area contributed by atoms with Crippen molar-refractivity contribution in [3.05, 3.63) is 30.4 Å². The summed E-state index contributed by atoms with van der Waals surface area (Å²) in [5, 5.41) is 9.76. The van der Waals surface area contributed by atoms with Gasteiger partial charge in [-0.3, -0.25) is 5.10 Å². The molecule has 0 fully saturated rings. The summed E-state index contributed by atoms with van der Waals surface area (Å²) < 4.78 is 1.90. The Balaban J connectivity index is 2.31. The fourth-order valence-electron chi connectivity index (χ4n) is 1.36. The molecule has 1 unspecified atom stereocenters. The lowest BCUT2D eigenvalue weighted by Gasteiger charge is -2.09. The molecule has 2 aromatic heterocycles. The minimum Gasteiger partial charge on any atom is -0.340 e. The number of aromatic nitrogens is 5. The number of aromatic amines is 1. The van der Waals surface area contributed by atoms with Crippen molar-refractivity contribution < 1.29 is 0 Å². The van der Waals surface area contributed by atoms with Crippen LogP contribution in [-0.2, 0) is 7.05 Å². The van der Waals surface area contributed by atoms with Crippen LogP contribution in [0.3, 0.4) is 0 Å². The molecule has 2 aromatic rings. The van der Waals surface area contributed by atoms with Gasteiger partial charge in [-0.05, 0) is 7.05 Å². The highest BCUT2D eigenvalue weighted by molar-refractivity contribution is 5.13. The molecular formula is C8H12N6. The summed E-state index contributed by atoms with van der Waals surface area (Å²) in [7, 11) is 3.80. The molecule has 74 valence electrons. The molecule has 0 bridgehead atoms. The van der Waals surface area contributed by atoms with E-state index in [0.717, 1.165) is 11.5 Å². The van der Waals surface area contributed by atoms with Gasteiger partial charge in [-0.25, -0.2) is 9.97 Å². The van der Waals surface area contributed by atoms with Crippen LogP contribution in [0.25, 0.3) is 0 Å². The van der Waals surface area contributed by atoms with Crippen molar-refractivity contribution in [2.24, 2.45) is 7.05 Å². The second-order valence-electron chi connectivity index (χ2n) is 3.06. The minimum atomic E-state index is -0.0290. The molecule has 1 atom stereocenters. The third kappa shape index (κ3) is 1.51. The van der Waals surface area contributed by atoms with Gasteiger partial charge in [0, 0.05) is 13.2 Å². The standard InChI is InChI=1S/C8H12N6/c1-9-7(8-10-4-12-13-8)6-3-14(2)5-11-6/h3-5,7,9H,1-2H3,(H,10,12,13). The molecule has 14 heavy (non-hydrogen) atoms. The van der Waals surface area contributed by atoms with E-state index in [-0.39, 0.29) is 6.04 Å². The quantitative estimate of drug-likeness (QED) is 0.709. The minimum absolute atomic E-state index is 0.0290. The van der Waals surface area contributed by atoms with Gasteiger partial charge in [0.1, 0.15) is 18.2 Å². The normalized spacial score (nSPS) is 13.0. The van der Waals surface area contributed by atoms with E-state index in [4.69, 9.17) is 0 Å². The molecule has 0 saturated carbocycles. The third-order valence-corrected chi connectivity index (χ3v) is 2.02. The fraction of sp³-hybridized carbons (Fsp3) is 0.375. The van der Waals surface area contributed by atoms with Crippen LogP contribution in [-0.4, -0.2) is 31.8 Å². The predicted molar refractivity (Wildman–Crippen MR) is 50.5 cm³/mol. The molecule has 0 aliphatic heterocycles. The molecular weight excluding hydrogens is 180 g/mol. The second-order valence-corrected chi connectivity index (χ2v) is 3.06. The molecule has 2 heterocycles. The Bertz CT molecular complexity index is 390. The molecule has 0 aliphatic rings. The van der Waals surface area contributed by atoms with Crippen LogP contribution in [0.15, 0.2) is 18.9 Å². The summed E-state index contributed by atoms with van der Waals surface area (Å²) in [5.74, 6) is 0.770. The number of aryl methyl sites for hydroxylation is 1. The maximum Gasteiger partial charge on any atom is 0.147 e. The maximum absolute atomic E-state index is 4.26. The van der Waals surface area contributed by atoms with Gasteiger partial charge >= 0.3 is 0 Å². The van der Waals surface area contributed by atoms with Gasteiger partial charge in [0.05, 0.1) is 12.0 Å². The van der Waals surface area contributed by atoms with E-state index < -0.39 is 0 Å². The van der Waals surface area contributed by atoms with E-state index in [0.29, 0.717) is 0 Å². The van der Waals surface area contributed by atoms with Crippen LogP contribution in [0, 0.1) is 0 Å². The summed E-state index contributed by atoms with van der Waals surface area (Å²) in [4.78, 5) is 8.35. The highest BCUT2D eigenvalue weighted by Crippen LogP contribution is 2.14. The zero-order chi connectivity index (χ0) is 9.97. The largest absolute Gasteiger partial charge is 0.340 e. The Morgan fingerprint density at radius 3 is 2.86 bits per heavy atom. The SMILES string of the molecule is CNC(c1cn(C)cn1)c1ncn[nH]1. The molecule has 0 radical (unpaired) electrons. The first-order valence-corrected chi connectivity index (χ1v) is 4.31. The van der Waals surface area contributed by atoms with Crippen molar-refractivity contribution in [3.63, 3.8) is 0 Å². The van der Waals surface area contributed by atoms with Crippen LogP contribution in [0.2, 0.25) is 0 Å². The summed E-state index contributed by atoms with van der Waals surface area (Å²) in [6, 6.07) is -0.0290. The Morgan fingerprint density at radius 1 is 1.50 bits per heavy atom. The van der Waals surface area contributed by atoms with Crippen molar-refractivity contribution in [2.45, 2.75) is 6.04 Å². The van der Waals surface area contributed by atoms with E-state index in [1.54, 1.807) is 6.33 Å². The van der Waals surface area contributed by atoms with Gasteiger partial charge in [-0.15, -0.1) is 0 Å². The molecule has 0 aromatic carbocycles. The monoisotopic (exact) mass is 192 g/mol. The van der Waals surface area contributed by atoms with Crippen molar-refractivity contribution in [3.8, 4) is 0 Å². The topological polar surface area (TPSA) is 71.4 Å². The smallest absolute Gasteiger partial charge is 0.147 e.